The van der Waals surface area contributed by atoms with Crippen LogP contribution in [-0.4, -0.2) is 64.7 Å². The van der Waals surface area contributed by atoms with Crippen LogP contribution in [0.2, 0.25) is 0 Å². The molecule has 0 radical (unpaired) electrons. The van der Waals surface area contributed by atoms with Crippen LogP contribution in [-0.2, 0) is 14.3 Å². The molecule has 34 heavy (non-hydrogen) atoms. The third-order valence-corrected chi connectivity index (χ3v) is 8.17. The Balaban J connectivity index is 1.16. The number of carbonyl (C=O) groups excluding carboxylic acids is 2. The summed E-state index contributed by atoms with van der Waals surface area (Å²) < 4.78 is 5.64. The van der Waals surface area contributed by atoms with Crippen LogP contribution in [0.3, 0.4) is 0 Å². The first-order valence-electron chi connectivity index (χ1n) is 11.8. The van der Waals surface area contributed by atoms with Gasteiger partial charge >= 0.3 is 12.1 Å². The van der Waals surface area contributed by atoms with E-state index in [1.54, 1.807) is 11.8 Å². The van der Waals surface area contributed by atoms with Crippen LogP contribution < -0.4 is 5.32 Å². The Hall–Kier alpha value is -3.00. The Kier molecular flexibility index (Phi) is 6.50. The first-order valence-corrected chi connectivity index (χ1v) is 12.9. The van der Waals surface area contributed by atoms with E-state index in [1.165, 1.54) is 16.0 Å². The monoisotopic (exact) mass is 480 g/mol. The predicted octanol–water partition coefficient (Wildman–Crippen LogP) is 3.72. The van der Waals surface area contributed by atoms with Gasteiger partial charge in [0, 0.05) is 35.9 Å². The van der Waals surface area contributed by atoms with E-state index in [1.807, 2.05) is 24.3 Å². The summed E-state index contributed by atoms with van der Waals surface area (Å²) in [7, 11) is 0. The lowest BCUT2D eigenvalue weighted by atomic mass is 9.98. The van der Waals surface area contributed by atoms with Crippen molar-refractivity contribution in [1.29, 1.82) is 0 Å². The Bertz CT molecular complexity index is 1060. The maximum absolute atomic E-state index is 13.0. The SMILES string of the molecule is O=C(N[C@H]1CC[C@@H](C(=O)N2CCSCC2C(=O)O)C1)OCC1c2ccccc2-c2ccccc21. The molecule has 2 aromatic rings. The number of benzene rings is 2. The van der Waals surface area contributed by atoms with Crippen molar-refractivity contribution >= 4 is 29.7 Å². The second kappa shape index (κ2) is 9.70. The summed E-state index contributed by atoms with van der Waals surface area (Å²) in [5, 5.41) is 12.4. The lowest BCUT2D eigenvalue weighted by molar-refractivity contribution is -0.151. The molecule has 1 saturated heterocycles. The van der Waals surface area contributed by atoms with Crippen LogP contribution in [0, 0.1) is 5.92 Å². The topological polar surface area (TPSA) is 95.9 Å². The van der Waals surface area contributed by atoms with Gasteiger partial charge < -0.3 is 20.1 Å². The fraction of sp³-hybridized carbons (Fsp3) is 0.423. The van der Waals surface area contributed by atoms with Crippen molar-refractivity contribution < 1.29 is 24.2 Å². The molecular weight excluding hydrogens is 452 g/mol. The summed E-state index contributed by atoms with van der Waals surface area (Å²) in [6, 6.07) is 15.5. The summed E-state index contributed by atoms with van der Waals surface area (Å²) in [5.41, 5.74) is 4.69. The maximum Gasteiger partial charge on any atom is 0.407 e. The van der Waals surface area contributed by atoms with E-state index >= 15 is 0 Å². The number of carbonyl (C=O) groups is 3. The van der Waals surface area contributed by atoms with Crippen LogP contribution in [0.5, 0.6) is 0 Å². The molecule has 2 aromatic carbocycles. The van der Waals surface area contributed by atoms with Gasteiger partial charge in [-0.05, 0) is 41.5 Å². The average molecular weight is 481 g/mol. The molecule has 3 atom stereocenters. The largest absolute Gasteiger partial charge is 0.480 e. The van der Waals surface area contributed by atoms with Gasteiger partial charge in [0.2, 0.25) is 5.91 Å². The summed E-state index contributed by atoms with van der Waals surface area (Å²) in [4.78, 5) is 38.6. The minimum atomic E-state index is -0.952. The third-order valence-electron chi connectivity index (χ3n) is 7.14. The van der Waals surface area contributed by atoms with Gasteiger partial charge in [-0.15, -0.1) is 0 Å². The minimum absolute atomic E-state index is 0.000905. The molecule has 1 saturated carbocycles. The first-order chi connectivity index (χ1) is 16.5. The normalized spacial score (nSPS) is 23.8. The molecule has 0 bridgehead atoms. The summed E-state index contributed by atoms with van der Waals surface area (Å²) in [6.07, 6.45) is 1.36. The standard InChI is InChI=1S/C26H28N2O5S/c29-24(28-11-12-34-15-23(28)25(30)31)16-9-10-17(13-16)27-26(32)33-14-22-20-7-3-1-5-18(20)19-6-2-4-8-21(19)22/h1-8,16-17,22-23H,9-15H2,(H,27,32)(H,30,31)/t16-,17+,23?/m1/s1. The first kappa shape index (κ1) is 22.8. The second-order valence-corrected chi connectivity index (χ2v) is 10.3. The average Bonchev–Trinajstić information content (AvgIpc) is 3.45. The highest BCUT2D eigenvalue weighted by molar-refractivity contribution is 7.99. The minimum Gasteiger partial charge on any atom is -0.480 e. The molecule has 7 nitrogen and oxygen atoms in total. The molecule has 3 aliphatic rings. The van der Waals surface area contributed by atoms with Gasteiger partial charge in [0.15, 0.2) is 0 Å². The number of carboxylic acid groups (broad SMARTS) is 1. The Morgan fingerprint density at radius 1 is 1.03 bits per heavy atom. The number of ether oxygens (including phenoxy) is 1. The van der Waals surface area contributed by atoms with E-state index in [9.17, 15) is 19.5 Å². The van der Waals surface area contributed by atoms with Gasteiger partial charge in [-0.3, -0.25) is 4.79 Å². The van der Waals surface area contributed by atoms with Crippen molar-refractivity contribution in [3.63, 3.8) is 0 Å². The molecule has 2 amide bonds. The zero-order valence-electron chi connectivity index (χ0n) is 18.8. The number of thioether (sulfide) groups is 1. The van der Waals surface area contributed by atoms with Crippen molar-refractivity contribution in [1.82, 2.24) is 10.2 Å². The smallest absolute Gasteiger partial charge is 0.407 e. The number of alkyl carbamates (subject to hydrolysis) is 1. The fourth-order valence-electron chi connectivity index (χ4n) is 5.45. The number of carboxylic acids is 1. The number of fused-ring (bicyclic) bond motifs is 3. The number of amides is 2. The Morgan fingerprint density at radius 3 is 2.38 bits per heavy atom. The number of hydrogen-bond acceptors (Lipinski definition) is 5. The van der Waals surface area contributed by atoms with Crippen LogP contribution in [0.15, 0.2) is 48.5 Å². The van der Waals surface area contributed by atoms with E-state index in [4.69, 9.17) is 4.74 Å². The van der Waals surface area contributed by atoms with Crippen molar-refractivity contribution in [2.24, 2.45) is 5.92 Å². The fourth-order valence-corrected chi connectivity index (χ4v) is 6.49. The lowest BCUT2D eigenvalue weighted by Gasteiger charge is -2.34. The van der Waals surface area contributed by atoms with Gasteiger partial charge in [-0.1, -0.05) is 48.5 Å². The zero-order chi connectivity index (χ0) is 23.7. The van der Waals surface area contributed by atoms with Gasteiger partial charge in [0.25, 0.3) is 0 Å². The molecular formula is C26H28N2O5S. The molecule has 1 unspecified atom stereocenters. The number of nitrogens with zero attached hydrogens (tertiary/aromatic N) is 1. The van der Waals surface area contributed by atoms with Crippen molar-refractivity contribution in [3.05, 3.63) is 59.7 Å². The molecule has 8 heteroatoms. The van der Waals surface area contributed by atoms with Crippen molar-refractivity contribution in [2.75, 3.05) is 24.7 Å². The van der Waals surface area contributed by atoms with Crippen LogP contribution >= 0.6 is 11.8 Å². The van der Waals surface area contributed by atoms with Gasteiger partial charge in [-0.2, -0.15) is 11.8 Å². The highest BCUT2D eigenvalue weighted by Crippen LogP contribution is 2.44. The number of aliphatic carboxylic acids is 1. The second-order valence-electron chi connectivity index (χ2n) is 9.14. The van der Waals surface area contributed by atoms with Crippen LogP contribution in [0.4, 0.5) is 4.79 Å². The Morgan fingerprint density at radius 2 is 1.71 bits per heavy atom. The molecule has 5 rings (SSSR count). The van der Waals surface area contributed by atoms with E-state index in [0.717, 1.165) is 16.9 Å². The summed E-state index contributed by atoms with van der Waals surface area (Å²) in [5.74, 6) is -0.139. The Labute approximate surface area is 202 Å². The number of rotatable bonds is 5. The predicted molar refractivity (Wildman–Crippen MR) is 130 cm³/mol. The maximum atomic E-state index is 13.0. The molecule has 1 heterocycles. The summed E-state index contributed by atoms with van der Waals surface area (Å²) >= 11 is 1.56. The molecule has 1 aliphatic heterocycles. The molecule has 2 fully saturated rings. The van der Waals surface area contributed by atoms with E-state index in [0.29, 0.717) is 31.6 Å². The van der Waals surface area contributed by atoms with Gasteiger partial charge in [-0.25, -0.2) is 9.59 Å². The van der Waals surface area contributed by atoms with Gasteiger partial charge in [0.05, 0.1) is 0 Å². The van der Waals surface area contributed by atoms with Crippen LogP contribution in [0.1, 0.15) is 36.3 Å². The number of nitrogens with one attached hydrogen (secondary N) is 1. The molecule has 2 N–H and O–H groups in total. The van der Waals surface area contributed by atoms with E-state index in [-0.39, 0.29) is 30.4 Å². The van der Waals surface area contributed by atoms with E-state index < -0.39 is 18.1 Å². The molecule has 178 valence electrons. The van der Waals surface area contributed by atoms with Crippen molar-refractivity contribution in [3.8, 4) is 11.1 Å². The quantitative estimate of drug-likeness (QED) is 0.677. The molecule has 2 aliphatic carbocycles. The van der Waals surface area contributed by atoms with Crippen LogP contribution in [0.25, 0.3) is 11.1 Å². The van der Waals surface area contributed by atoms with Crippen molar-refractivity contribution in [2.45, 2.75) is 37.3 Å². The number of hydrogen-bond donors (Lipinski definition) is 2. The van der Waals surface area contributed by atoms with E-state index in [2.05, 4.69) is 29.6 Å². The highest BCUT2D eigenvalue weighted by Gasteiger charge is 2.39. The van der Waals surface area contributed by atoms with Gasteiger partial charge in [0.1, 0.15) is 12.6 Å². The third kappa shape index (κ3) is 4.39. The lowest BCUT2D eigenvalue weighted by Crippen LogP contribution is -2.52. The zero-order valence-corrected chi connectivity index (χ0v) is 19.6. The molecule has 0 aromatic heterocycles. The summed E-state index contributed by atoms with van der Waals surface area (Å²) in [6.45, 7) is 0.710. The highest BCUT2D eigenvalue weighted by atomic mass is 32.2. The molecule has 0 spiro atoms.